The zero-order chi connectivity index (χ0) is 13.5. The number of nitrogens with zero attached hydrogens (tertiary/aromatic N) is 3. The van der Waals surface area contributed by atoms with Crippen LogP contribution >= 0.6 is 0 Å². The summed E-state index contributed by atoms with van der Waals surface area (Å²) in [7, 11) is 0. The summed E-state index contributed by atoms with van der Waals surface area (Å²) >= 11 is 0. The number of nitrogens with one attached hydrogen (secondary N) is 2. The van der Waals surface area contributed by atoms with E-state index in [0.29, 0.717) is 11.4 Å². The maximum absolute atomic E-state index is 12.4. The van der Waals surface area contributed by atoms with Gasteiger partial charge in [0.25, 0.3) is 5.91 Å². The predicted molar refractivity (Wildman–Crippen MR) is 74.9 cm³/mol. The van der Waals surface area contributed by atoms with Crippen molar-refractivity contribution in [2.75, 3.05) is 18.5 Å². The Morgan fingerprint density at radius 1 is 1.42 bits per heavy atom. The molecule has 1 aliphatic rings. The molecule has 19 heavy (non-hydrogen) atoms. The van der Waals surface area contributed by atoms with E-state index in [0.717, 1.165) is 32.1 Å². The molecule has 0 saturated carbocycles. The Labute approximate surface area is 112 Å². The van der Waals surface area contributed by atoms with Crippen LogP contribution in [0.25, 0.3) is 0 Å². The van der Waals surface area contributed by atoms with Gasteiger partial charge >= 0.3 is 0 Å². The van der Waals surface area contributed by atoms with Crippen LogP contribution in [0.3, 0.4) is 0 Å². The van der Waals surface area contributed by atoms with Gasteiger partial charge in [0.15, 0.2) is 5.69 Å². The molecular weight excluding hydrogens is 242 g/mol. The fraction of sp³-hybridized carbons (Fsp3) is 0.385. The molecule has 0 bridgehead atoms. The average Bonchev–Trinajstić information content (AvgIpc) is 2.48. The minimum atomic E-state index is -0.0622. The number of rotatable bonds is 4. The standard InChI is InChI=1S/C13H17N5O/c14-6-8-16-17-11-5-4-7-15-12(11)13(19)18-9-2-1-3-10-18/h4-8,14,17H,1-3,9-10H2/b14-6?,16-8-. The van der Waals surface area contributed by atoms with Crippen molar-refractivity contribution in [3.05, 3.63) is 24.0 Å². The second-order valence-corrected chi connectivity index (χ2v) is 4.31. The lowest BCUT2D eigenvalue weighted by atomic mass is 10.1. The van der Waals surface area contributed by atoms with Crippen molar-refractivity contribution < 1.29 is 4.79 Å². The number of piperidine rings is 1. The van der Waals surface area contributed by atoms with Crippen molar-refractivity contribution in [2.24, 2.45) is 5.10 Å². The van der Waals surface area contributed by atoms with Crippen LogP contribution < -0.4 is 5.43 Å². The number of aromatic nitrogens is 1. The zero-order valence-corrected chi connectivity index (χ0v) is 10.7. The first-order valence-corrected chi connectivity index (χ1v) is 6.35. The van der Waals surface area contributed by atoms with E-state index in [4.69, 9.17) is 5.41 Å². The van der Waals surface area contributed by atoms with Crippen LogP contribution in [0, 0.1) is 5.41 Å². The highest BCUT2D eigenvalue weighted by Gasteiger charge is 2.21. The van der Waals surface area contributed by atoms with Gasteiger partial charge in [-0.3, -0.25) is 10.2 Å². The van der Waals surface area contributed by atoms with Crippen LogP contribution in [0.1, 0.15) is 29.8 Å². The normalized spacial score (nSPS) is 15.5. The molecule has 0 aliphatic carbocycles. The monoisotopic (exact) mass is 259 g/mol. The van der Waals surface area contributed by atoms with Gasteiger partial charge in [-0.1, -0.05) is 0 Å². The molecule has 0 spiro atoms. The molecule has 1 amide bonds. The molecule has 2 rings (SSSR count). The van der Waals surface area contributed by atoms with E-state index in [9.17, 15) is 4.79 Å². The molecule has 1 aliphatic heterocycles. The summed E-state index contributed by atoms with van der Waals surface area (Å²) in [4.78, 5) is 18.4. The second kappa shape index (κ2) is 6.63. The molecule has 6 nitrogen and oxygen atoms in total. The summed E-state index contributed by atoms with van der Waals surface area (Å²) in [6.07, 6.45) is 7.25. The number of carbonyl (C=O) groups is 1. The lowest BCUT2D eigenvalue weighted by molar-refractivity contribution is 0.0719. The number of amides is 1. The van der Waals surface area contributed by atoms with Crippen LogP contribution in [0.4, 0.5) is 5.69 Å². The predicted octanol–water partition coefficient (Wildman–Crippen LogP) is 1.75. The molecule has 100 valence electrons. The first kappa shape index (κ1) is 13.2. The maximum atomic E-state index is 12.4. The molecule has 2 heterocycles. The Hall–Kier alpha value is -2.24. The van der Waals surface area contributed by atoms with Crippen LogP contribution in [0.5, 0.6) is 0 Å². The van der Waals surface area contributed by atoms with Crippen LogP contribution in [-0.2, 0) is 0 Å². The number of likely N-dealkylation sites (tertiary alicyclic amines) is 1. The molecule has 1 aromatic rings. The first-order valence-electron chi connectivity index (χ1n) is 6.35. The van der Waals surface area contributed by atoms with E-state index in [1.54, 1.807) is 18.3 Å². The third kappa shape index (κ3) is 3.37. The Bertz CT molecular complexity index is 480. The Morgan fingerprint density at radius 2 is 2.21 bits per heavy atom. The number of pyridine rings is 1. The van der Waals surface area contributed by atoms with Gasteiger partial charge in [0, 0.05) is 25.5 Å². The summed E-state index contributed by atoms with van der Waals surface area (Å²) in [5.74, 6) is -0.0622. The molecule has 0 unspecified atom stereocenters. The smallest absolute Gasteiger partial charge is 0.274 e. The molecule has 0 atom stereocenters. The highest BCUT2D eigenvalue weighted by molar-refractivity contribution is 6.14. The van der Waals surface area contributed by atoms with E-state index in [1.807, 2.05) is 4.90 Å². The summed E-state index contributed by atoms with van der Waals surface area (Å²) in [6, 6.07) is 3.50. The van der Waals surface area contributed by atoms with Gasteiger partial charge in [-0.2, -0.15) is 5.10 Å². The second-order valence-electron chi connectivity index (χ2n) is 4.31. The van der Waals surface area contributed by atoms with Gasteiger partial charge in [0.2, 0.25) is 0 Å². The number of carbonyl (C=O) groups excluding carboxylic acids is 1. The van der Waals surface area contributed by atoms with E-state index < -0.39 is 0 Å². The fourth-order valence-corrected chi connectivity index (χ4v) is 2.06. The Kier molecular flexibility index (Phi) is 4.60. The highest BCUT2D eigenvalue weighted by Crippen LogP contribution is 2.17. The van der Waals surface area contributed by atoms with Crippen molar-refractivity contribution in [3.8, 4) is 0 Å². The van der Waals surface area contributed by atoms with Gasteiger partial charge < -0.3 is 10.3 Å². The Morgan fingerprint density at radius 3 is 2.95 bits per heavy atom. The molecular formula is C13H17N5O. The number of hydrogen-bond donors (Lipinski definition) is 2. The van der Waals surface area contributed by atoms with E-state index >= 15 is 0 Å². The fourth-order valence-electron chi connectivity index (χ4n) is 2.06. The highest BCUT2D eigenvalue weighted by atomic mass is 16.2. The van der Waals surface area contributed by atoms with Crippen molar-refractivity contribution in [1.82, 2.24) is 9.88 Å². The van der Waals surface area contributed by atoms with Crippen molar-refractivity contribution >= 4 is 24.0 Å². The van der Waals surface area contributed by atoms with Crippen molar-refractivity contribution in [2.45, 2.75) is 19.3 Å². The van der Waals surface area contributed by atoms with Gasteiger partial charge in [-0.25, -0.2) is 4.98 Å². The summed E-state index contributed by atoms with van der Waals surface area (Å²) in [5.41, 5.74) is 3.69. The van der Waals surface area contributed by atoms with Crippen LogP contribution in [0.15, 0.2) is 23.4 Å². The van der Waals surface area contributed by atoms with Crippen molar-refractivity contribution in [1.29, 1.82) is 5.41 Å². The molecule has 1 saturated heterocycles. The number of hydrazone groups is 1. The van der Waals surface area contributed by atoms with Gasteiger partial charge in [-0.15, -0.1) is 0 Å². The van der Waals surface area contributed by atoms with Gasteiger partial charge in [0.05, 0.1) is 11.9 Å². The molecule has 2 N–H and O–H groups in total. The van der Waals surface area contributed by atoms with E-state index in [1.165, 1.54) is 12.6 Å². The van der Waals surface area contributed by atoms with Gasteiger partial charge in [-0.05, 0) is 31.4 Å². The summed E-state index contributed by atoms with van der Waals surface area (Å²) < 4.78 is 0. The molecule has 1 aromatic heterocycles. The molecule has 1 fully saturated rings. The molecule has 0 aromatic carbocycles. The van der Waals surface area contributed by atoms with Crippen LogP contribution in [-0.4, -0.2) is 41.3 Å². The molecule has 6 heteroatoms. The summed E-state index contributed by atoms with van der Waals surface area (Å²) in [5, 5.41) is 10.7. The SMILES string of the molecule is N=C/C=N\Nc1cccnc1C(=O)N1CCCCC1. The maximum Gasteiger partial charge on any atom is 0.274 e. The number of hydrogen-bond acceptors (Lipinski definition) is 5. The van der Waals surface area contributed by atoms with Crippen LogP contribution in [0.2, 0.25) is 0 Å². The lowest BCUT2D eigenvalue weighted by Crippen LogP contribution is -2.36. The Balaban J connectivity index is 2.15. The lowest BCUT2D eigenvalue weighted by Gasteiger charge is -2.26. The largest absolute Gasteiger partial charge is 0.337 e. The quantitative estimate of drug-likeness (QED) is 0.638. The minimum Gasteiger partial charge on any atom is -0.337 e. The van der Waals surface area contributed by atoms with Crippen molar-refractivity contribution in [3.63, 3.8) is 0 Å². The number of anilines is 1. The minimum absolute atomic E-state index is 0.0622. The average molecular weight is 259 g/mol. The summed E-state index contributed by atoms with van der Waals surface area (Å²) in [6.45, 7) is 1.58. The molecule has 0 radical (unpaired) electrons. The van der Waals surface area contributed by atoms with Gasteiger partial charge in [0.1, 0.15) is 0 Å². The van der Waals surface area contributed by atoms with E-state index in [2.05, 4.69) is 15.5 Å². The third-order valence-corrected chi connectivity index (χ3v) is 2.99. The topological polar surface area (TPSA) is 81.4 Å². The first-order chi connectivity index (χ1) is 9.33. The third-order valence-electron chi connectivity index (χ3n) is 2.99. The van der Waals surface area contributed by atoms with E-state index in [-0.39, 0.29) is 5.91 Å². The zero-order valence-electron chi connectivity index (χ0n) is 10.7.